The summed E-state index contributed by atoms with van der Waals surface area (Å²) in [5, 5.41) is 5.98. The van der Waals surface area contributed by atoms with Gasteiger partial charge in [-0.2, -0.15) is 0 Å². The zero-order valence-corrected chi connectivity index (χ0v) is 11.1. The molecule has 6 heteroatoms. The van der Waals surface area contributed by atoms with Crippen molar-refractivity contribution in [1.29, 1.82) is 0 Å². The SMILES string of the molecule is O=C(COc1ccc(F)cc1F)NCCC1CCNC1. The number of carbonyl (C=O) groups excluding carboxylic acids is 1. The molecule has 1 saturated heterocycles. The Morgan fingerprint density at radius 2 is 2.30 bits per heavy atom. The summed E-state index contributed by atoms with van der Waals surface area (Å²) in [5.74, 6) is -1.31. The lowest BCUT2D eigenvalue weighted by Crippen LogP contribution is -2.31. The average Bonchev–Trinajstić information content (AvgIpc) is 2.91. The van der Waals surface area contributed by atoms with E-state index in [9.17, 15) is 13.6 Å². The second kappa shape index (κ2) is 7.19. The molecule has 0 aliphatic carbocycles. The molecule has 1 amide bonds. The van der Waals surface area contributed by atoms with Crippen molar-refractivity contribution < 1.29 is 18.3 Å². The zero-order chi connectivity index (χ0) is 14.4. The maximum Gasteiger partial charge on any atom is 0.257 e. The van der Waals surface area contributed by atoms with Crippen LogP contribution in [-0.2, 0) is 4.79 Å². The van der Waals surface area contributed by atoms with Crippen LogP contribution in [0.25, 0.3) is 0 Å². The van der Waals surface area contributed by atoms with Crippen LogP contribution in [-0.4, -0.2) is 32.1 Å². The number of ether oxygens (including phenoxy) is 1. The molecule has 1 heterocycles. The Bertz CT molecular complexity index is 462. The molecular formula is C14H18F2N2O2. The van der Waals surface area contributed by atoms with Gasteiger partial charge >= 0.3 is 0 Å². The number of amides is 1. The minimum Gasteiger partial charge on any atom is -0.481 e. The molecule has 0 spiro atoms. The van der Waals surface area contributed by atoms with Gasteiger partial charge < -0.3 is 15.4 Å². The fourth-order valence-corrected chi connectivity index (χ4v) is 2.16. The first kappa shape index (κ1) is 14.7. The molecule has 1 unspecified atom stereocenters. The predicted octanol–water partition coefficient (Wildman–Crippen LogP) is 1.46. The first-order valence-corrected chi connectivity index (χ1v) is 6.70. The fourth-order valence-electron chi connectivity index (χ4n) is 2.16. The van der Waals surface area contributed by atoms with Crippen molar-refractivity contribution in [1.82, 2.24) is 10.6 Å². The Balaban J connectivity index is 1.66. The van der Waals surface area contributed by atoms with E-state index in [0.29, 0.717) is 12.5 Å². The van der Waals surface area contributed by atoms with Crippen molar-refractivity contribution in [3.63, 3.8) is 0 Å². The Kier molecular flexibility index (Phi) is 5.29. The van der Waals surface area contributed by atoms with Crippen LogP contribution < -0.4 is 15.4 Å². The molecule has 0 saturated carbocycles. The van der Waals surface area contributed by atoms with Crippen molar-refractivity contribution in [2.45, 2.75) is 12.8 Å². The Labute approximate surface area is 116 Å². The van der Waals surface area contributed by atoms with Crippen molar-refractivity contribution >= 4 is 5.91 Å². The van der Waals surface area contributed by atoms with Gasteiger partial charge in [-0.05, 0) is 44.0 Å². The van der Waals surface area contributed by atoms with E-state index in [0.717, 1.165) is 38.1 Å². The first-order chi connectivity index (χ1) is 9.65. The van der Waals surface area contributed by atoms with Gasteiger partial charge in [0.1, 0.15) is 5.82 Å². The lowest BCUT2D eigenvalue weighted by atomic mass is 10.1. The van der Waals surface area contributed by atoms with Crippen LogP contribution in [0.1, 0.15) is 12.8 Å². The highest BCUT2D eigenvalue weighted by Gasteiger charge is 2.14. The quantitative estimate of drug-likeness (QED) is 0.831. The Hall–Kier alpha value is -1.69. The largest absolute Gasteiger partial charge is 0.481 e. The van der Waals surface area contributed by atoms with E-state index in [1.807, 2.05) is 0 Å². The number of hydrogen-bond acceptors (Lipinski definition) is 3. The molecule has 1 atom stereocenters. The number of carbonyl (C=O) groups is 1. The van der Waals surface area contributed by atoms with Crippen LogP contribution in [0.3, 0.4) is 0 Å². The molecule has 1 aliphatic heterocycles. The van der Waals surface area contributed by atoms with Crippen LogP contribution in [0.2, 0.25) is 0 Å². The number of nitrogens with one attached hydrogen (secondary N) is 2. The number of hydrogen-bond donors (Lipinski definition) is 2. The maximum absolute atomic E-state index is 13.3. The number of halogens is 2. The molecule has 1 aliphatic rings. The smallest absolute Gasteiger partial charge is 0.257 e. The van der Waals surface area contributed by atoms with Crippen LogP contribution in [0, 0.1) is 17.6 Å². The summed E-state index contributed by atoms with van der Waals surface area (Å²) in [6.45, 7) is 2.34. The van der Waals surface area contributed by atoms with Gasteiger partial charge in [0.2, 0.25) is 0 Å². The summed E-state index contributed by atoms with van der Waals surface area (Å²) < 4.78 is 30.9. The molecule has 4 nitrogen and oxygen atoms in total. The van der Waals surface area contributed by atoms with Gasteiger partial charge in [-0.3, -0.25) is 4.79 Å². The molecule has 0 aromatic heterocycles. The molecule has 110 valence electrons. The van der Waals surface area contributed by atoms with Gasteiger partial charge in [-0.1, -0.05) is 0 Å². The van der Waals surface area contributed by atoms with Crippen LogP contribution in [0.15, 0.2) is 18.2 Å². The molecule has 1 aromatic carbocycles. The highest BCUT2D eigenvalue weighted by atomic mass is 19.1. The minimum atomic E-state index is -0.810. The third kappa shape index (κ3) is 4.45. The molecule has 1 aromatic rings. The number of rotatable bonds is 6. The predicted molar refractivity (Wildman–Crippen MR) is 70.5 cm³/mol. The second-order valence-electron chi connectivity index (χ2n) is 4.86. The Morgan fingerprint density at radius 1 is 1.45 bits per heavy atom. The molecule has 0 radical (unpaired) electrons. The summed E-state index contributed by atoms with van der Waals surface area (Å²) >= 11 is 0. The minimum absolute atomic E-state index is 0.124. The van der Waals surface area contributed by atoms with Crippen molar-refractivity contribution in [3.8, 4) is 5.75 Å². The molecular weight excluding hydrogens is 266 g/mol. The monoisotopic (exact) mass is 284 g/mol. The van der Waals surface area contributed by atoms with E-state index < -0.39 is 11.6 Å². The van der Waals surface area contributed by atoms with Crippen molar-refractivity contribution in [3.05, 3.63) is 29.8 Å². The van der Waals surface area contributed by atoms with E-state index in [1.54, 1.807) is 0 Å². The first-order valence-electron chi connectivity index (χ1n) is 6.70. The van der Waals surface area contributed by atoms with Gasteiger partial charge in [0, 0.05) is 12.6 Å². The number of benzene rings is 1. The van der Waals surface area contributed by atoms with Gasteiger partial charge in [0.15, 0.2) is 18.2 Å². The summed E-state index contributed by atoms with van der Waals surface area (Å²) in [7, 11) is 0. The third-order valence-electron chi connectivity index (χ3n) is 3.29. The van der Waals surface area contributed by atoms with Crippen molar-refractivity contribution in [2.24, 2.45) is 5.92 Å². The lowest BCUT2D eigenvalue weighted by Gasteiger charge is -2.10. The van der Waals surface area contributed by atoms with Gasteiger partial charge in [0.05, 0.1) is 0 Å². The molecule has 1 fully saturated rings. The standard InChI is InChI=1S/C14H18F2N2O2/c15-11-1-2-13(12(16)7-11)20-9-14(19)18-6-4-10-3-5-17-8-10/h1-2,7,10,17H,3-6,8-9H2,(H,18,19). The third-order valence-corrected chi connectivity index (χ3v) is 3.29. The highest BCUT2D eigenvalue weighted by Crippen LogP contribution is 2.17. The topological polar surface area (TPSA) is 50.4 Å². The van der Waals surface area contributed by atoms with E-state index in [1.165, 1.54) is 6.07 Å². The van der Waals surface area contributed by atoms with Crippen LogP contribution in [0.5, 0.6) is 5.75 Å². The van der Waals surface area contributed by atoms with E-state index in [-0.39, 0.29) is 18.3 Å². The molecule has 2 N–H and O–H groups in total. The summed E-state index contributed by atoms with van der Waals surface area (Å²) in [6.07, 6.45) is 2.05. The fraction of sp³-hybridized carbons (Fsp3) is 0.500. The van der Waals surface area contributed by atoms with Crippen LogP contribution in [0.4, 0.5) is 8.78 Å². The summed E-state index contributed by atoms with van der Waals surface area (Å²) in [4.78, 5) is 11.5. The molecule has 0 bridgehead atoms. The van der Waals surface area contributed by atoms with Crippen molar-refractivity contribution in [2.75, 3.05) is 26.2 Å². The van der Waals surface area contributed by atoms with Gasteiger partial charge in [0.25, 0.3) is 5.91 Å². The highest BCUT2D eigenvalue weighted by molar-refractivity contribution is 5.77. The zero-order valence-electron chi connectivity index (χ0n) is 11.1. The van der Waals surface area contributed by atoms with E-state index in [2.05, 4.69) is 10.6 Å². The van der Waals surface area contributed by atoms with Crippen LogP contribution >= 0.6 is 0 Å². The summed E-state index contributed by atoms with van der Waals surface area (Å²) in [6, 6.07) is 2.98. The molecule has 2 rings (SSSR count). The van der Waals surface area contributed by atoms with E-state index >= 15 is 0 Å². The molecule has 20 heavy (non-hydrogen) atoms. The normalized spacial score (nSPS) is 18.0. The average molecular weight is 284 g/mol. The maximum atomic E-state index is 13.3. The summed E-state index contributed by atoms with van der Waals surface area (Å²) in [5.41, 5.74) is 0. The van der Waals surface area contributed by atoms with Gasteiger partial charge in [-0.25, -0.2) is 8.78 Å². The second-order valence-corrected chi connectivity index (χ2v) is 4.86. The van der Waals surface area contributed by atoms with E-state index in [4.69, 9.17) is 4.74 Å². The Morgan fingerprint density at radius 3 is 3.00 bits per heavy atom. The van der Waals surface area contributed by atoms with Gasteiger partial charge in [-0.15, -0.1) is 0 Å². The lowest BCUT2D eigenvalue weighted by molar-refractivity contribution is -0.123.